The summed E-state index contributed by atoms with van der Waals surface area (Å²) in [4.78, 5) is 15.7. The van der Waals surface area contributed by atoms with Crippen LogP contribution in [0.2, 0.25) is 0 Å². The molecule has 190 valence electrons. The zero-order valence-electron chi connectivity index (χ0n) is 19.5. The number of aromatic nitrogens is 4. The first-order valence-electron chi connectivity index (χ1n) is 10.6. The van der Waals surface area contributed by atoms with Gasteiger partial charge in [-0.3, -0.25) is 4.98 Å². The van der Waals surface area contributed by atoms with Gasteiger partial charge in [0.1, 0.15) is 27.7 Å². The van der Waals surface area contributed by atoms with Gasteiger partial charge in [-0.1, -0.05) is 6.07 Å². The average Bonchev–Trinajstić information content (AvgIpc) is 3.24. The summed E-state index contributed by atoms with van der Waals surface area (Å²) in [5, 5.41) is 0. The van der Waals surface area contributed by atoms with Gasteiger partial charge in [-0.2, -0.15) is 0 Å². The van der Waals surface area contributed by atoms with E-state index in [4.69, 9.17) is 4.74 Å². The fraction of sp³-hybridized carbons (Fsp3) is 0.261. The molecule has 3 heterocycles. The van der Waals surface area contributed by atoms with Gasteiger partial charge in [0.25, 0.3) is 0 Å². The molecule has 0 saturated heterocycles. The molecule has 0 fully saturated rings. The molecule has 0 aliphatic heterocycles. The highest BCUT2D eigenvalue weighted by atomic mass is 32.2. The molecule has 0 aliphatic carbocycles. The monoisotopic (exact) mass is 521 g/mol. The third kappa shape index (κ3) is 5.57. The molecule has 0 atom stereocenters. The van der Waals surface area contributed by atoms with Crippen molar-refractivity contribution in [2.45, 2.75) is 24.1 Å². The number of H-pyrrole nitrogens is 1. The van der Waals surface area contributed by atoms with Crippen molar-refractivity contribution in [1.29, 1.82) is 0 Å². The molecule has 0 aliphatic rings. The van der Waals surface area contributed by atoms with E-state index in [0.717, 1.165) is 22.1 Å². The maximum Gasteiger partial charge on any atom is 0.573 e. The summed E-state index contributed by atoms with van der Waals surface area (Å²) in [5.41, 5.74) is 2.56. The second-order valence-corrected chi connectivity index (χ2v) is 10.1. The van der Waals surface area contributed by atoms with Gasteiger partial charge in [0, 0.05) is 50.2 Å². The van der Waals surface area contributed by atoms with Gasteiger partial charge in [-0.15, -0.1) is 13.2 Å². The summed E-state index contributed by atoms with van der Waals surface area (Å²) >= 11 is 0. The lowest BCUT2D eigenvalue weighted by Crippen LogP contribution is -2.25. The molecule has 9 nitrogen and oxygen atoms in total. The lowest BCUT2D eigenvalue weighted by molar-refractivity contribution is -0.275. The molecular weight excluding hydrogens is 499 g/mol. The number of ether oxygens (including phenoxy) is 2. The standard InChI is InChI=1S/C23H22F3N5O4S/c1-31(2)36(32,33)20-6-4-14(11-19(20)35-23(24,25)26)15-10-18-22(28-13-15)30-21(29-18)7-5-16-12-17(34-3)8-9-27-16/h4,6,8-13H,5,7H2,1-3H3,(H,28,29,30). The largest absolute Gasteiger partial charge is 0.573 e. The summed E-state index contributed by atoms with van der Waals surface area (Å²) in [7, 11) is -0.163. The molecule has 4 rings (SSSR count). The number of nitrogens with zero attached hydrogens (tertiary/aromatic N) is 4. The summed E-state index contributed by atoms with van der Waals surface area (Å²) in [6.07, 6.45) is -0.810. The number of benzene rings is 1. The number of hydrogen-bond donors (Lipinski definition) is 1. The highest BCUT2D eigenvalue weighted by Crippen LogP contribution is 2.35. The Bertz CT molecular complexity index is 1500. The molecule has 4 aromatic rings. The molecule has 0 amide bonds. The van der Waals surface area contributed by atoms with Gasteiger partial charge >= 0.3 is 6.36 Å². The Balaban J connectivity index is 1.64. The van der Waals surface area contributed by atoms with Crippen molar-refractivity contribution in [2.24, 2.45) is 0 Å². The van der Waals surface area contributed by atoms with E-state index in [0.29, 0.717) is 41.1 Å². The number of aryl methyl sites for hydroxylation is 2. The van der Waals surface area contributed by atoms with E-state index in [2.05, 4.69) is 24.7 Å². The SMILES string of the molecule is COc1ccnc(CCc2nc3cc(-c4ccc(S(=O)(=O)N(C)C)c(OC(F)(F)F)c4)cnc3[nH]2)c1. The molecule has 13 heteroatoms. The second kappa shape index (κ2) is 9.74. The number of hydrogen-bond acceptors (Lipinski definition) is 7. The van der Waals surface area contributed by atoms with Crippen LogP contribution in [0.5, 0.6) is 11.5 Å². The maximum absolute atomic E-state index is 13.0. The van der Waals surface area contributed by atoms with Crippen LogP contribution in [0.1, 0.15) is 11.5 Å². The number of rotatable bonds is 8. The highest BCUT2D eigenvalue weighted by Gasteiger charge is 2.35. The van der Waals surface area contributed by atoms with E-state index < -0.39 is 27.0 Å². The Morgan fingerprint density at radius 3 is 2.50 bits per heavy atom. The van der Waals surface area contributed by atoms with E-state index in [1.807, 2.05) is 6.07 Å². The quantitative estimate of drug-likeness (QED) is 0.374. The molecule has 36 heavy (non-hydrogen) atoms. The average molecular weight is 522 g/mol. The second-order valence-electron chi connectivity index (χ2n) is 7.96. The third-order valence-corrected chi connectivity index (χ3v) is 7.14. The van der Waals surface area contributed by atoms with Crippen LogP contribution in [0, 0.1) is 0 Å². The number of nitrogens with one attached hydrogen (secondary N) is 1. The van der Waals surface area contributed by atoms with Crippen LogP contribution < -0.4 is 9.47 Å². The lowest BCUT2D eigenvalue weighted by atomic mass is 10.1. The Kier molecular flexibility index (Phi) is 6.87. The molecule has 0 radical (unpaired) electrons. The fourth-order valence-corrected chi connectivity index (χ4v) is 4.48. The number of alkyl halides is 3. The first-order valence-corrected chi connectivity index (χ1v) is 12.1. The van der Waals surface area contributed by atoms with Crippen molar-refractivity contribution in [3.05, 3.63) is 60.3 Å². The summed E-state index contributed by atoms with van der Waals surface area (Å²) in [6, 6.07) is 8.73. The van der Waals surface area contributed by atoms with Crippen LogP contribution in [0.15, 0.2) is 53.7 Å². The molecule has 0 bridgehead atoms. The fourth-order valence-electron chi connectivity index (χ4n) is 3.49. The van der Waals surface area contributed by atoms with Crippen molar-refractivity contribution >= 4 is 21.2 Å². The van der Waals surface area contributed by atoms with Crippen LogP contribution in [0.25, 0.3) is 22.3 Å². The van der Waals surface area contributed by atoms with Crippen molar-refractivity contribution < 1.29 is 31.1 Å². The number of halogens is 3. The number of methoxy groups -OCH3 is 1. The molecule has 3 aromatic heterocycles. The predicted molar refractivity (Wildman–Crippen MR) is 125 cm³/mol. The minimum atomic E-state index is -5.08. The molecule has 0 spiro atoms. The highest BCUT2D eigenvalue weighted by molar-refractivity contribution is 7.89. The number of fused-ring (bicyclic) bond motifs is 1. The van der Waals surface area contributed by atoms with E-state index >= 15 is 0 Å². The molecule has 1 N–H and O–H groups in total. The van der Waals surface area contributed by atoms with Crippen molar-refractivity contribution in [1.82, 2.24) is 24.2 Å². The van der Waals surface area contributed by atoms with Crippen molar-refractivity contribution in [3.8, 4) is 22.6 Å². The molecular formula is C23H22F3N5O4S. The predicted octanol–water partition coefficient (Wildman–Crippen LogP) is 3.96. The third-order valence-electron chi connectivity index (χ3n) is 5.29. The van der Waals surface area contributed by atoms with E-state index in [9.17, 15) is 21.6 Å². The minimum absolute atomic E-state index is 0.284. The number of sulfonamides is 1. The Labute approximate surface area is 205 Å². The molecule has 0 unspecified atom stereocenters. The topological polar surface area (TPSA) is 110 Å². The zero-order valence-corrected chi connectivity index (χ0v) is 20.3. The van der Waals surface area contributed by atoms with Crippen LogP contribution in [-0.4, -0.2) is 60.2 Å². The van der Waals surface area contributed by atoms with Crippen molar-refractivity contribution in [3.63, 3.8) is 0 Å². The van der Waals surface area contributed by atoms with Crippen molar-refractivity contribution in [2.75, 3.05) is 21.2 Å². The first kappa shape index (κ1) is 25.4. The number of pyridine rings is 2. The normalized spacial score (nSPS) is 12.3. The van der Waals surface area contributed by atoms with Gasteiger partial charge in [-0.05, 0) is 36.2 Å². The van der Waals surface area contributed by atoms with E-state index in [-0.39, 0.29) is 5.56 Å². The van der Waals surface area contributed by atoms with Gasteiger partial charge in [0.2, 0.25) is 10.0 Å². The number of imidazole rings is 1. The Hall–Kier alpha value is -3.71. The molecule has 0 saturated carbocycles. The Morgan fingerprint density at radius 2 is 1.81 bits per heavy atom. The smallest absolute Gasteiger partial charge is 0.497 e. The van der Waals surface area contributed by atoms with Crippen LogP contribution in [-0.2, 0) is 22.9 Å². The van der Waals surface area contributed by atoms with Gasteiger partial charge in [0.05, 0.1) is 7.11 Å². The summed E-state index contributed by atoms with van der Waals surface area (Å²) < 4.78 is 74.1. The lowest BCUT2D eigenvalue weighted by Gasteiger charge is -2.17. The van der Waals surface area contributed by atoms with Crippen LogP contribution >= 0.6 is 0 Å². The van der Waals surface area contributed by atoms with E-state index in [1.165, 1.54) is 26.4 Å². The zero-order chi connectivity index (χ0) is 26.1. The van der Waals surface area contributed by atoms with Crippen LogP contribution in [0.4, 0.5) is 13.2 Å². The van der Waals surface area contributed by atoms with Gasteiger partial charge in [-0.25, -0.2) is 22.7 Å². The maximum atomic E-state index is 13.0. The van der Waals surface area contributed by atoms with Gasteiger partial charge in [0.15, 0.2) is 5.65 Å². The summed E-state index contributed by atoms with van der Waals surface area (Å²) in [6.45, 7) is 0. The van der Waals surface area contributed by atoms with Crippen LogP contribution in [0.3, 0.4) is 0 Å². The first-order chi connectivity index (χ1) is 17.0. The molecule has 1 aromatic carbocycles. The number of aromatic amines is 1. The van der Waals surface area contributed by atoms with Gasteiger partial charge < -0.3 is 14.5 Å². The van der Waals surface area contributed by atoms with E-state index in [1.54, 1.807) is 25.4 Å². The summed E-state index contributed by atoms with van der Waals surface area (Å²) in [5.74, 6) is 0.532. The Morgan fingerprint density at radius 1 is 1.03 bits per heavy atom. The minimum Gasteiger partial charge on any atom is -0.497 e.